The van der Waals surface area contributed by atoms with Crippen molar-refractivity contribution in [2.24, 2.45) is 0 Å². The largest absolute Gasteiger partial charge is 0.354 e. The van der Waals surface area contributed by atoms with E-state index in [0.29, 0.717) is 11.6 Å². The zero-order chi connectivity index (χ0) is 16.2. The third-order valence-corrected chi connectivity index (χ3v) is 4.46. The van der Waals surface area contributed by atoms with E-state index < -0.39 is 0 Å². The Morgan fingerprint density at radius 1 is 0.920 bits per heavy atom. The van der Waals surface area contributed by atoms with Crippen LogP contribution in [0, 0.1) is 11.3 Å². The van der Waals surface area contributed by atoms with E-state index in [1.807, 2.05) is 30.5 Å². The van der Waals surface area contributed by atoms with Crippen molar-refractivity contribution in [1.29, 1.82) is 5.26 Å². The monoisotopic (exact) mass is 378 g/mol. The number of aromatic nitrogens is 1. The van der Waals surface area contributed by atoms with Gasteiger partial charge in [0.25, 0.3) is 0 Å². The van der Waals surface area contributed by atoms with Gasteiger partial charge in [0.05, 0.1) is 11.6 Å². The van der Waals surface area contributed by atoms with Crippen LogP contribution in [0.25, 0.3) is 11.1 Å². The number of pyridine rings is 1. The van der Waals surface area contributed by atoms with Gasteiger partial charge in [-0.15, -0.1) is 24.8 Å². The fourth-order valence-electron chi connectivity index (χ4n) is 2.95. The predicted molar refractivity (Wildman–Crippen MR) is 108 cm³/mol. The quantitative estimate of drug-likeness (QED) is 0.809. The number of hydrogen-bond acceptors (Lipinski definition) is 4. The molecule has 1 aromatic carbocycles. The molecule has 0 radical (unpaired) electrons. The van der Waals surface area contributed by atoms with Crippen LogP contribution in [0.5, 0.6) is 0 Å². The summed E-state index contributed by atoms with van der Waals surface area (Å²) >= 11 is 0. The van der Waals surface area contributed by atoms with Gasteiger partial charge in [0.15, 0.2) is 0 Å². The zero-order valence-electron chi connectivity index (χ0n) is 14.6. The maximum atomic E-state index is 8.86. The van der Waals surface area contributed by atoms with E-state index in [-0.39, 0.29) is 24.8 Å². The summed E-state index contributed by atoms with van der Waals surface area (Å²) in [4.78, 5) is 9.48. The number of nitriles is 1. The SMILES string of the molecule is CC(C)N1CCN(c2ccc(-c3ccc(C#N)cc3)cn2)CC1.Cl.Cl. The summed E-state index contributed by atoms with van der Waals surface area (Å²) in [6.07, 6.45) is 1.92. The van der Waals surface area contributed by atoms with Gasteiger partial charge in [-0.1, -0.05) is 12.1 Å². The van der Waals surface area contributed by atoms with Gasteiger partial charge in [-0.3, -0.25) is 4.90 Å². The third kappa shape index (κ3) is 5.09. The van der Waals surface area contributed by atoms with Crippen LogP contribution in [0.1, 0.15) is 19.4 Å². The second-order valence-corrected chi connectivity index (χ2v) is 6.21. The van der Waals surface area contributed by atoms with Crippen LogP contribution in [-0.2, 0) is 0 Å². The average Bonchev–Trinajstić information content (AvgIpc) is 2.62. The van der Waals surface area contributed by atoms with Crippen molar-refractivity contribution < 1.29 is 0 Å². The number of halogens is 2. The van der Waals surface area contributed by atoms with E-state index in [2.05, 4.69) is 46.8 Å². The minimum Gasteiger partial charge on any atom is -0.354 e. The molecule has 2 aromatic rings. The molecule has 1 aromatic heterocycles. The molecule has 0 N–H and O–H groups in total. The van der Waals surface area contributed by atoms with Crippen molar-refractivity contribution in [1.82, 2.24) is 9.88 Å². The molecule has 4 nitrogen and oxygen atoms in total. The summed E-state index contributed by atoms with van der Waals surface area (Å²) in [7, 11) is 0. The maximum absolute atomic E-state index is 8.86. The van der Waals surface area contributed by atoms with Crippen molar-refractivity contribution in [2.75, 3.05) is 31.1 Å². The molecule has 1 aliphatic heterocycles. The molecule has 0 saturated carbocycles. The van der Waals surface area contributed by atoms with Crippen molar-refractivity contribution in [3.8, 4) is 17.2 Å². The van der Waals surface area contributed by atoms with Gasteiger partial charge in [0.1, 0.15) is 5.82 Å². The van der Waals surface area contributed by atoms with Crippen molar-refractivity contribution in [3.05, 3.63) is 48.2 Å². The highest BCUT2D eigenvalue weighted by atomic mass is 35.5. The first-order valence-electron chi connectivity index (χ1n) is 8.13. The molecule has 0 aliphatic carbocycles. The summed E-state index contributed by atoms with van der Waals surface area (Å²) in [6.45, 7) is 8.75. The van der Waals surface area contributed by atoms with Gasteiger partial charge in [0.2, 0.25) is 0 Å². The van der Waals surface area contributed by atoms with Crippen LogP contribution in [0.15, 0.2) is 42.6 Å². The van der Waals surface area contributed by atoms with Gasteiger partial charge in [0, 0.05) is 44.0 Å². The fraction of sp³-hybridized carbons (Fsp3) is 0.368. The molecule has 0 unspecified atom stereocenters. The predicted octanol–water partition coefficient (Wildman–Crippen LogP) is 3.99. The summed E-state index contributed by atoms with van der Waals surface area (Å²) in [5, 5.41) is 8.86. The van der Waals surface area contributed by atoms with Crippen molar-refractivity contribution >= 4 is 30.6 Å². The van der Waals surface area contributed by atoms with Crippen LogP contribution >= 0.6 is 24.8 Å². The minimum atomic E-state index is 0. The Balaban J connectivity index is 0.00000156. The molecule has 1 aliphatic rings. The number of piperazine rings is 1. The van der Waals surface area contributed by atoms with E-state index in [4.69, 9.17) is 5.26 Å². The lowest BCUT2D eigenvalue weighted by molar-refractivity contribution is 0.209. The standard InChI is InChI=1S/C19H22N4.2ClH/c1-15(2)22-9-11-23(12-10-22)19-8-7-18(14-21-19)17-5-3-16(13-20)4-6-17;;/h3-8,14-15H,9-12H2,1-2H3;2*1H. The minimum absolute atomic E-state index is 0. The second kappa shape index (κ2) is 9.62. The average molecular weight is 379 g/mol. The van der Waals surface area contributed by atoms with E-state index in [9.17, 15) is 0 Å². The highest BCUT2D eigenvalue weighted by Gasteiger charge is 2.19. The van der Waals surface area contributed by atoms with Crippen LogP contribution < -0.4 is 4.90 Å². The highest BCUT2D eigenvalue weighted by Crippen LogP contribution is 2.22. The Labute approximate surface area is 162 Å². The fourth-order valence-corrected chi connectivity index (χ4v) is 2.95. The molecule has 0 bridgehead atoms. The lowest BCUT2D eigenvalue weighted by Crippen LogP contribution is -2.49. The molecule has 1 saturated heterocycles. The van der Waals surface area contributed by atoms with Crippen LogP contribution in [-0.4, -0.2) is 42.1 Å². The van der Waals surface area contributed by atoms with Gasteiger partial charge in [-0.25, -0.2) is 4.98 Å². The van der Waals surface area contributed by atoms with Crippen molar-refractivity contribution in [3.63, 3.8) is 0 Å². The summed E-state index contributed by atoms with van der Waals surface area (Å²) < 4.78 is 0. The van der Waals surface area contributed by atoms with E-state index in [1.165, 1.54) is 0 Å². The smallest absolute Gasteiger partial charge is 0.128 e. The van der Waals surface area contributed by atoms with E-state index in [1.54, 1.807) is 0 Å². The van der Waals surface area contributed by atoms with Gasteiger partial charge in [-0.2, -0.15) is 5.26 Å². The molecule has 25 heavy (non-hydrogen) atoms. The molecule has 0 atom stereocenters. The summed E-state index contributed by atoms with van der Waals surface area (Å²) in [5.41, 5.74) is 2.85. The molecule has 2 heterocycles. The first kappa shape index (κ1) is 21.2. The third-order valence-electron chi connectivity index (χ3n) is 4.46. The Bertz CT molecular complexity index is 685. The zero-order valence-corrected chi connectivity index (χ0v) is 16.2. The molecule has 1 fully saturated rings. The highest BCUT2D eigenvalue weighted by molar-refractivity contribution is 5.85. The first-order valence-corrected chi connectivity index (χ1v) is 8.13. The Hall–Kier alpha value is -1.80. The van der Waals surface area contributed by atoms with Crippen LogP contribution in [0.3, 0.4) is 0 Å². The number of rotatable bonds is 3. The Morgan fingerprint density at radius 2 is 1.52 bits per heavy atom. The van der Waals surface area contributed by atoms with E-state index >= 15 is 0 Å². The molecular weight excluding hydrogens is 355 g/mol. The van der Waals surface area contributed by atoms with E-state index in [0.717, 1.165) is 43.1 Å². The Kier molecular flexibility index (Phi) is 8.18. The number of hydrogen-bond donors (Lipinski definition) is 0. The summed E-state index contributed by atoms with van der Waals surface area (Å²) in [5.74, 6) is 1.05. The molecular formula is C19H24Cl2N4. The van der Waals surface area contributed by atoms with Crippen LogP contribution in [0.2, 0.25) is 0 Å². The number of benzene rings is 1. The van der Waals surface area contributed by atoms with Crippen LogP contribution in [0.4, 0.5) is 5.82 Å². The summed E-state index contributed by atoms with van der Waals surface area (Å²) in [6, 6.07) is 14.6. The normalized spacial score (nSPS) is 14.4. The molecule has 0 spiro atoms. The van der Waals surface area contributed by atoms with Gasteiger partial charge >= 0.3 is 0 Å². The maximum Gasteiger partial charge on any atom is 0.128 e. The molecule has 6 heteroatoms. The molecule has 3 rings (SSSR count). The molecule has 0 amide bonds. The van der Waals surface area contributed by atoms with Gasteiger partial charge < -0.3 is 4.90 Å². The van der Waals surface area contributed by atoms with Crippen molar-refractivity contribution in [2.45, 2.75) is 19.9 Å². The topological polar surface area (TPSA) is 43.2 Å². The lowest BCUT2D eigenvalue weighted by Gasteiger charge is -2.37. The molecule has 134 valence electrons. The number of anilines is 1. The lowest BCUT2D eigenvalue weighted by atomic mass is 10.1. The van der Waals surface area contributed by atoms with Gasteiger partial charge in [-0.05, 0) is 43.7 Å². The Morgan fingerprint density at radius 3 is 2.00 bits per heavy atom. The second-order valence-electron chi connectivity index (χ2n) is 6.21. The number of nitrogens with zero attached hydrogens (tertiary/aromatic N) is 4. The first-order chi connectivity index (χ1) is 11.2.